The molecule has 0 N–H and O–H groups in total. The Labute approximate surface area is 195 Å². The largest absolute Gasteiger partial charge is 0.0808 e. The second kappa shape index (κ2) is 8.34. The molecule has 1 saturated carbocycles. The molecular weight excluding hydrogens is 400 g/mol. The van der Waals surface area contributed by atoms with E-state index >= 15 is 0 Å². The summed E-state index contributed by atoms with van der Waals surface area (Å²) >= 11 is 0. The quantitative estimate of drug-likeness (QED) is 0.275. The predicted octanol–water partition coefficient (Wildman–Crippen LogP) is 9.34. The zero-order valence-electron chi connectivity index (χ0n) is 20.4. The third-order valence-corrected chi connectivity index (χ3v) is 13.2. The summed E-state index contributed by atoms with van der Waals surface area (Å²) in [5, 5.41) is 5.56. The van der Waals surface area contributed by atoms with Crippen LogP contribution in [0, 0.1) is 23.7 Å². The first-order valence-electron chi connectivity index (χ1n) is 12.7. The molecule has 0 radical (unpaired) electrons. The van der Waals surface area contributed by atoms with Crippen molar-refractivity contribution in [2.45, 2.75) is 58.3 Å². The molecule has 1 heteroatoms. The molecule has 0 amide bonds. The summed E-state index contributed by atoms with van der Waals surface area (Å²) in [7, 11) is -1.34. The highest BCUT2D eigenvalue weighted by atomic mass is 28.3. The molecule has 0 saturated heterocycles. The number of allylic oxidation sites excluding steroid dienone is 4. The van der Waals surface area contributed by atoms with Gasteiger partial charge < -0.3 is 0 Å². The van der Waals surface area contributed by atoms with Crippen LogP contribution in [0.15, 0.2) is 72.8 Å². The van der Waals surface area contributed by atoms with Gasteiger partial charge in [0.25, 0.3) is 0 Å². The zero-order chi connectivity index (χ0) is 22.5. The molecule has 0 spiro atoms. The van der Waals surface area contributed by atoms with Gasteiger partial charge in [0.1, 0.15) is 0 Å². The molecule has 5 rings (SSSR count). The average Bonchev–Trinajstić information content (AvgIpc) is 3.14. The molecule has 0 aromatic heterocycles. The fourth-order valence-electron chi connectivity index (χ4n) is 7.40. The summed E-state index contributed by atoms with van der Waals surface area (Å²) < 4.78 is 0. The number of rotatable bonds is 5. The van der Waals surface area contributed by atoms with Gasteiger partial charge in [-0.05, 0) is 74.4 Å². The van der Waals surface area contributed by atoms with E-state index in [1.54, 1.807) is 5.57 Å². The van der Waals surface area contributed by atoms with Crippen LogP contribution in [0.5, 0.6) is 0 Å². The van der Waals surface area contributed by atoms with Gasteiger partial charge in [0, 0.05) is 0 Å². The van der Waals surface area contributed by atoms with Crippen LogP contribution in [0.1, 0.15) is 39.2 Å². The molecule has 5 atom stereocenters. The summed E-state index contributed by atoms with van der Waals surface area (Å²) in [6.45, 7) is 12.8. The molecule has 3 aromatic rings. The minimum absolute atomic E-state index is 0.651. The first kappa shape index (κ1) is 21.7. The Morgan fingerprint density at radius 3 is 2.22 bits per heavy atom. The van der Waals surface area contributed by atoms with E-state index in [9.17, 15) is 0 Å². The standard InChI is InChI=1S/C31H38Si/c1-6-21(2)20-32(4,5)31-22(3)18-29-27(16-11-17-28(29)31)30-25-14-9-7-12-23(25)19-24-13-8-10-15-26(24)30/h7-17,19,21-22,28-29,31H,6,18,20H2,1-5H3. The van der Waals surface area contributed by atoms with E-state index in [1.807, 2.05) is 0 Å². The lowest BCUT2D eigenvalue weighted by Crippen LogP contribution is -2.39. The van der Waals surface area contributed by atoms with Crippen molar-refractivity contribution in [3.8, 4) is 0 Å². The van der Waals surface area contributed by atoms with E-state index in [0.29, 0.717) is 11.8 Å². The fraction of sp³-hybridized carbons (Fsp3) is 0.419. The van der Waals surface area contributed by atoms with Crippen LogP contribution < -0.4 is 0 Å². The highest BCUT2D eigenvalue weighted by molar-refractivity contribution is 6.79. The maximum Gasteiger partial charge on any atom is 0.0516 e. The van der Waals surface area contributed by atoms with Gasteiger partial charge in [-0.15, -0.1) is 0 Å². The molecule has 0 bridgehead atoms. The van der Waals surface area contributed by atoms with Gasteiger partial charge in [-0.3, -0.25) is 0 Å². The lowest BCUT2D eigenvalue weighted by atomic mass is 9.78. The second-order valence-electron chi connectivity index (χ2n) is 11.3. The van der Waals surface area contributed by atoms with E-state index in [1.165, 1.54) is 46.0 Å². The normalized spacial score (nSPS) is 26.3. The van der Waals surface area contributed by atoms with Crippen molar-refractivity contribution < 1.29 is 0 Å². The van der Waals surface area contributed by atoms with Crippen LogP contribution in [-0.4, -0.2) is 8.07 Å². The number of fused-ring (bicyclic) bond motifs is 3. The van der Waals surface area contributed by atoms with Crippen LogP contribution >= 0.6 is 0 Å². The Morgan fingerprint density at radius 2 is 1.59 bits per heavy atom. The van der Waals surface area contributed by atoms with Crippen LogP contribution in [0.2, 0.25) is 24.7 Å². The van der Waals surface area contributed by atoms with Crippen LogP contribution in [0.25, 0.3) is 27.1 Å². The number of hydrogen-bond donors (Lipinski definition) is 0. The molecule has 0 heterocycles. The van der Waals surface area contributed by atoms with E-state index < -0.39 is 8.07 Å². The molecular formula is C31H38Si. The number of hydrogen-bond acceptors (Lipinski definition) is 0. The Kier molecular flexibility index (Phi) is 5.66. The smallest absolute Gasteiger partial charge is 0.0516 e. The van der Waals surface area contributed by atoms with Gasteiger partial charge in [0.05, 0.1) is 8.07 Å². The van der Waals surface area contributed by atoms with Crippen LogP contribution in [0.3, 0.4) is 0 Å². The SMILES string of the molecule is CCC(C)C[Si](C)(C)C1C(C)CC2C(c3c4ccccc4cc4ccccc34)=CC=CC21. The van der Waals surface area contributed by atoms with Crippen molar-refractivity contribution in [2.75, 3.05) is 0 Å². The van der Waals surface area contributed by atoms with Crippen molar-refractivity contribution in [3.05, 3.63) is 78.4 Å². The molecule has 0 nitrogen and oxygen atoms in total. The van der Waals surface area contributed by atoms with Gasteiger partial charge in [-0.25, -0.2) is 0 Å². The maximum absolute atomic E-state index is 2.68. The molecule has 2 aliphatic rings. The fourth-order valence-corrected chi connectivity index (χ4v) is 12.8. The molecule has 3 aromatic carbocycles. The summed E-state index contributed by atoms with van der Waals surface area (Å²) in [5.74, 6) is 3.02. The van der Waals surface area contributed by atoms with Gasteiger partial charge in [0.15, 0.2) is 0 Å². The zero-order valence-corrected chi connectivity index (χ0v) is 21.4. The van der Waals surface area contributed by atoms with E-state index in [0.717, 1.165) is 17.4 Å². The van der Waals surface area contributed by atoms with Crippen LogP contribution in [-0.2, 0) is 0 Å². The van der Waals surface area contributed by atoms with Crippen molar-refractivity contribution in [1.29, 1.82) is 0 Å². The minimum Gasteiger partial charge on any atom is -0.0808 e. The van der Waals surface area contributed by atoms with Crippen molar-refractivity contribution in [2.24, 2.45) is 23.7 Å². The third kappa shape index (κ3) is 3.59. The monoisotopic (exact) mass is 438 g/mol. The topological polar surface area (TPSA) is 0 Å². The first-order chi connectivity index (χ1) is 15.4. The van der Waals surface area contributed by atoms with E-state index in [4.69, 9.17) is 0 Å². The average molecular weight is 439 g/mol. The summed E-state index contributed by atoms with van der Waals surface area (Å²) in [6, 6.07) is 21.8. The summed E-state index contributed by atoms with van der Waals surface area (Å²) in [5.41, 5.74) is 3.96. The minimum atomic E-state index is -1.34. The molecule has 0 aliphatic heterocycles. The number of benzene rings is 3. The Bertz CT molecular complexity index is 1140. The Hall–Kier alpha value is -2.12. The highest BCUT2D eigenvalue weighted by Crippen LogP contribution is 2.58. The lowest BCUT2D eigenvalue weighted by molar-refractivity contribution is 0.533. The maximum atomic E-state index is 2.68. The summed E-state index contributed by atoms with van der Waals surface area (Å²) in [6.07, 6.45) is 10.1. The lowest BCUT2D eigenvalue weighted by Gasteiger charge is -2.39. The van der Waals surface area contributed by atoms with Crippen LogP contribution in [0.4, 0.5) is 0 Å². The van der Waals surface area contributed by atoms with Crippen molar-refractivity contribution >= 4 is 35.2 Å². The van der Waals surface area contributed by atoms with Gasteiger partial charge in [-0.1, -0.05) is 113 Å². The van der Waals surface area contributed by atoms with E-state index in [2.05, 4.69) is 107 Å². The summed E-state index contributed by atoms with van der Waals surface area (Å²) in [4.78, 5) is 0. The molecule has 2 aliphatic carbocycles. The van der Waals surface area contributed by atoms with Gasteiger partial charge >= 0.3 is 0 Å². The van der Waals surface area contributed by atoms with Gasteiger partial charge in [-0.2, -0.15) is 0 Å². The van der Waals surface area contributed by atoms with E-state index in [-0.39, 0.29) is 0 Å². The third-order valence-electron chi connectivity index (χ3n) is 8.66. The van der Waals surface area contributed by atoms with Crippen molar-refractivity contribution in [3.63, 3.8) is 0 Å². The molecule has 32 heavy (non-hydrogen) atoms. The second-order valence-corrected chi connectivity index (χ2v) is 16.4. The highest BCUT2D eigenvalue weighted by Gasteiger charge is 2.49. The molecule has 1 fully saturated rings. The molecule has 166 valence electrons. The van der Waals surface area contributed by atoms with Crippen molar-refractivity contribution in [1.82, 2.24) is 0 Å². The first-order valence-corrected chi connectivity index (χ1v) is 16.0. The Balaban J connectivity index is 1.62. The van der Waals surface area contributed by atoms with Gasteiger partial charge in [0.2, 0.25) is 0 Å². The Morgan fingerprint density at radius 1 is 0.969 bits per heavy atom. The molecule has 5 unspecified atom stereocenters. The predicted molar refractivity (Wildman–Crippen MR) is 145 cm³/mol.